The second-order valence-electron chi connectivity index (χ2n) is 5.90. The molecule has 2 heteroatoms. The molecule has 0 aliphatic heterocycles. The predicted octanol–water partition coefficient (Wildman–Crippen LogP) is 4.95. The molecule has 21 heavy (non-hydrogen) atoms. The van der Waals surface area contributed by atoms with Gasteiger partial charge >= 0.3 is 0 Å². The van der Waals surface area contributed by atoms with E-state index in [1.54, 1.807) is 5.56 Å². The first kappa shape index (κ1) is 14.8. The highest BCUT2D eigenvalue weighted by atomic mass is 79.9. The lowest BCUT2D eigenvalue weighted by atomic mass is 9.95. The number of benzene rings is 2. The van der Waals surface area contributed by atoms with Crippen molar-refractivity contribution >= 4 is 15.9 Å². The van der Waals surface area contributed by atoms with E-state index >= 15 is 0 Å². The van der Waals surface area contributed by atoms with Crippen molar-refractivity contribution in [3.63, 3.8) is 0 Å². The van der Waals surface area contributed by atoms with Gasteiger partial charge in [0.05, 0.1) is 6.04 Å². The van der Waals surface area contributed by atoms with Crippen LogP contribution in [-0.4, -0.2) is 6.54 Å². The molecule has 1 aliphatic carbocycles. The van der Waals surface area contributed by atoms with Gasteiger partial charge < -0.3 is 5.32 Å². The molecule has 0 heterocycles. The zero-order valence-corrected chi connectivity index (χ0v) is 14.3. The van der Waals surface area contributed by atoms with Crippen LogP contribution in [0.1, 0.15) is 47.2 Å². The van der Waals surface area contributed by atoms with Crippen molar-refractivity contribution in [2.24, 2.45) is 0 Å². The monoisotopic (exact) mass is 343 g/mol. The van der Waals surface area contributed by atoms with Crippen LogP contribution in [0.2, 0.25) is 0 Å². The molecular formula is C19H22BrN. The summed E-state index contributed by atoms with van der Waals surface area (Å²) in [5.41, 5.74) is 7.06. The first-order valence-corrected chi connectivity index (χ1v) is 8.59. The van der Waals surface area contributed by atoms with Crippen LogP contribution in [0.25, 0.3) is 0 Å². The van der Waals surface area contributed by atoms with Crippen LogP contribution >= 0.6 is 15.9 Å². The van der Waals surface area contributed by atoms with Gasteiger partial charge in [0.25, 0.3) is 0 Å². The predicted molar refractivity (Wildman–Crippen MR) is 92.9 cm³/mol. The van der Waals surface area contributed by atoms with Gasteiger partial charge in [0, 0.05) is 4.47 Å². The van der Waals surface area contributed by atoms with E-state index in [9.17, 15) is 0 Å². The Kier molecular flexibility index (Phi) is 4.46. The number of aryl methyl sites for hydroxylation is 3. The van der Waals surface area contributed by atoms with Gasteiger partial charge in [-0.05, 0) is 66.6 Å². The summed E-state index contributed by atoms with van der Waals surface area (Å²) in [5, 5.41) is 3.64. The number of nitrogens with one attached hydrogen (secondary N) is 1. The minimum absolute atomic E-state index is 0.260. The van der Waals surface area contributed by atoms with Crippen LogP contribution in [0, 0.1) is 6.92 Å². The molecule has 0 saturated heterocycles. The first-order valence-electron chi connectivity index (χ1n) is 7.80. The fraction of sp³-hybridized carbons (Fsp3) is 0.368. The Morgan fingerprint density at radius 2 is 1.90 bits per heavy atom. The number of hydrogen-bond acceptors (Lipinski definition) is 1. The van der Waals surface area contributed by atoms with Gasteiger partial charge in [-0.15, -0.1) is 0 Å². The quantitative estimate of drug-likeness (QED) is 0.828. The third kappa shape index (κ3) is 3.07. The number of halogens is 1. The summed E-state index contributed by atoms with van der Waals surface area (Å²) >= 11 is 3.74. The molecule has 3 rings (SSSR count). The molecule has 0 fully saturated rings. The molecule has 0 saturated carbocycles. The summed E-state index contributed by atoms with van der Waals surface area (Å²) in [7, 11) is 0. The third-order valence-electron chi connectivity index (χ3n) is 4.33. The lowest BCUT2D eigenvalue weighted by Crippen LogP contribution is -2.22. The van der Waals surface area contributed by atoms with Crippen LogP contribution in [0.4, 0.5) is 0 Å². The lowest BCUT2D eigenvalue weighted by Gasteiger charge is -2.21. The molecule has 1 unspecified atom stereocenters. The van der Waals surface area contributed by atoms with Crippen molar-refractivity contribution in [3.8, 4) is 0 Å². The van der Waals surface area contributed by atoms with E-state index in [2.05, 4.69) is 71.5 Å². The summed E-state index contributed by atoms with van der Waals surface area (Å²) in [6.07, 6.45) is 3.78. The second kappa shape index (κ2) is 6.33. The van der Waals surface area contributed by atoms with Gasteiger partial charge in [0.15, 0.2) is 0 Å². The van der Waals surface area contributed by atoms with E-state index in [4.69, 9.17) is 0 Å². The van der Waals surface area contributed by atoms with E-state index in [0.717, 1.165) is 6.54 Å². The lowest BCUT2D eigenvalue weighted by molar-refractivity contribution is 0.628. The number of fused-ring (bicyclic) bond motifs is 1. The Morgan fingerprint density at radius 1 is 1.10 bits per heavy atom. The Hall–Kier alpha value is -1.12. The molecule has 1 nitrogen and oxygen atoms in total. The maximum absolute atomic E-state index is 3.74. The minimum Gasteiger partial charge on any atom is -0.306 e. The largest absolute Gasteiger partial charge is 0.306 e. The highest BCUT2D eigenvalue weighted by Gasteiger charge is 2.18. The van der Waals surface area contributed by atoms with E-state index in [1.165, 1.54) is 46.0 Å². The van der Waals surface area contributed by atoms with Crippen LogP contribution < -0.4 is 5.32 Å². The fourth-order valence-corrected chi connectivity index (χ4v) is 3.97. The summed E-state index contributed by atoms with van der Waals surface area (Å²) in [6.45, 7) is 5.26. The highest BCUT2D eigenvalue weighted by molar-refractivity contribution is 9.10. The Morgan fingerprint density at radius 3 is 2.67 bits per heavy atom. The van der Waals surface area contributed by atoms with Gasteiger partial charge in [0.1, 0.15) is 0 Å². The summed E-state index contributed by atoms with van der Waals surface area (Å²) in [5.74, 6) is 0. The van der Waals surface area contributed by atoms with Crippen molar-refractivity contribution in [3.05, 3.63) is 68.7 Å². The van der Waals surface area contributed by atoms with E-state index in [0.29, 0.717) is 0 Å². The molecule has 0 bridgehead atoms. The molecule has 1 N–H and O–H groups in total. The zero-order chi connectivity index (χ0) is 14.8. The average molecular weight is 344 g/mol. The summed E-state index contributed by atoms with van der Waals surface area (Å²) in [4.78, 5) is 0. The molecular weight excluding hydrogens is 322 g/mol. The van der Waals surface area contributed by atoms with Crippen LogP contribution in [0.5, 0.6) is 0 Å². The maximum atomic E-state index is 3.74. The molecule has 1 atom stereocenters. The molecule has 0 aromatic heterocycles. The smallest absolute Gasteiger partial charge is 0.0587 e. The van der Waals surface area contributed by atoms with Crippen molar-refractivity contribution < 1.29 is 0 Å². The summed E-state index contributed by atoms with van der Waals surface area (Å²) in [6, 6.07) is 13.9. The van der Waals surface area contributed by atoms with Crippen molar-refractivity contribution in [2.75, 3.05) is 6.54 Å². The third-order valence-corrected chi connectivity index (χ3v) is 5.02. The second-order valence-corrected chi connectivity index (χ2v) is 6.75. The van der Waals surface area contributed by atoms with Gasteiger partial charge in [-0.3, -0.25) is 0 Å². The topological polar surface area (TPSA) is 12.0 Å². The number of rotatable bonds is 4. The maximum Gasteiger partial charge on any atom is 0.0587 e. The fourth-order valence-electron chi connectivity index (χ4n) is 3.25. The van der Waals surface area contributed by atoms with Gasteiger partial charge in [0.2, 0.25) is 0 Å². The molecule has 0 amide bonds. The zero-order valence-electron chi connectivity index (χ0n) is 12.7. The minimum atomic E-state index is 0.260. The van der Waals surface area contributed by atoms with E-state index in [1.807, 2.05) is 0 Å². The highest BCUT2D eigenvalue weighted by Crippen LogP contribution is 2.32. The van der Waals surface area contributed by atoms with Crippen LogP contribution in [-0.2, 0) is 12.8 Å². The molecule has 2 aromatic carbocycles. The van der Waals surface area contributed by atoms with Crippen molar-refractivity contribution in [1.82, 2.24) is 5.32 Å². The molecule has 1 aliphatic rings. The Labute approximate surface area is 135 Å². The first-order chi connectivity index (χ1) is 10.2. The standard InChI is InChI=1S/C19H22BrN/c1-3-21-19(17-10-7-13(2)11-18(17)20)16-9-8-14-5-4-6-15(14)12-16/h7-12,19,21H,3-6H2,1-2H3. The van der Waals surface area contributed by atoms with Gasteiger partial charge in [-0.2, -0.15) is 0 Å². The summed E-state index contributed by atoms with van der Waals surface area (Å²) < 4.78 is 1.19. The Balaban J connectivity index is 2.01. The number of hydrogen-bond donors (Lipinski definition) is 1. The normalized spacial score (nSPS) is 15.0. The van der Waals surface area contributed by atoms with Crippen LogP contribution in [0.15, 0.2) is 40.9 Å². The van der Waals surface area contributed by atoms with Gasteiger partial charge in [-0.25, -0.2) is 0 Å². The van der Waals surface area contributed by atoms with Gasteiger partial charge in [-0.1, -0.05) is 53.2 Å². The van der Waals surface area contributed by atoms with Crippen molar-refractivity contribution in [1.29, 1.82) is 0 Å². The van der Waals surface area contributed by atoms with Crippen LogP contribution in [0.3, 0.4) is 0 Å². The molecule has 0 spiro atoms. The average Bonchev–Trinajstić information content (AvgIpc) is 2.93. The molecule has 2 aromatic rings. The van der Waals surface area contributed by atoms with Crippen molar-refractivity contribution in [2.45, 2.75) is 39.2 Å². The SMILES string of the molecule is CCNC(c1ccc2c(c1)CCC2)c1ccc(C)cc1Br. The van der Waals surface area contributed by atoms with E-state index in [-0.39, 0.29) is 6.04 Å². The Bertz CT molecular complexity index is 648. The molecule has 0 radical (unpaired) electrons. The molecule has 110 valence electrons. The van der Waals surface area contributed by atoms with E-state index < -0.39 is 0 Å².